The third-order valence-corrected chi connectivity index (χ3v) is 7.05. The first kappa shape index (κ1) is 24.8. The van der Waals surface area contributed by atoms with Gasteiger partial charge in [-0.3, -0.25) is 0 Å². The predicted molar refractivity (Wildman–Crippen MR) is 119 cm³/mol. The van der Waals surface area contributed by atoms with Crippen molar-refractivity contribution in [3.63, 3.8) is 0 Å². The number of benzene rings is 1. The van der Waals surface area contributed by atoms with Gasteiger partial charge in [-0.25, -0.2) is 4.79 Å². The van der Waals surface area contributed by atoms with E-state index in [0.717, 1.165) is 16.8 Å². The largest absolute Gasteiger partial charge is 0.500 e. The molecule has 0 aromatic heterocycles. The molecule has 1 aromatic carbocycles. The molecule has 0 aliphatic carbocycles. The molecule has 0 amide bonds. The lowest BCUT2D eigenvalue weighted by Crippen LogP contribution is -2.32. The van der Waals surface area contributed by atoms with E-state index in [-0.39, 0.29) is 5.76 Å². The molecule has 0 aliphatic heterocycles. The normalized spacial score (nSPS) is 12.7. The van der Waals surface area contributed by atoms with Gasteiger partial charge < -0.3 is 19.0 Å². The topological polar surface area (TPSA) is 66.3 Å². The zero-order chi connectivity index (χ0) is 22.0. The van der Waals surface area contributed by atoms with Gasteiger partial charge in [0.25, 0.3) is 0 Å². The highest BCUT2D eigenvalue weighted by Gasteiger charge is 2.22. The number of oxime groups is 1. The van der Waals surface area contributed by atoms with Gasteiger partial charge in [0, 0.05) is 5.56 Å². The summed E-state index contributed by atoms with van der Waals surface area (Å²) >= 11 is 0. The molecule has 29 heavy (non-hydrogen) atoms. The highest BCUT2D eigenvalue weighted by molar-refractivity contribution is 6.77. The minimum atomic E-state index is -1.43. The van der Waals surface area contributed by atoms with Crippen LogP contribution < -0.4 is 4.74 Å². The molecule has 0 aliphatic rings. The van der Waals surface area contributed by atoms with Crippen LogP contribution in [0.3, 0.4) is 0 Å². The molecule has 6 nitrogen and oxygen atoms in total. The van der Waals surface area contributed by atoms with Crippen LogP contribution in [0.1, 0.15) is 38.3 Å². The third-order valence-electron chi connectivity index (χ3n) is 4.49. The van der Waals surface area contributed by atoms with Crippen molar-refractivity contribution in [1.29, 1.82) is 0 Å². The van der Waals surface area contributed by atoms with E-state index < -0.39 is 14.0 Å². The number of ether oxygens (including phenoxy) is 3. The first-order chi connectivity index (χ1) is 13.6. The van der Waals surface area contributed by atoms with Crippen molar-refractivity contribution in [3.8, 4) is 5.75 Å². The number of esters is 1. The Hall–Kier alpha value is -2.28. The minimum absolute atomic E-state index is 0.0287. The highest BCUT2D eigenvalue weighted by Crippen LogP contribution is 2.23. The zero-order valence-corrected chi connectivity index (χ0v) is 20.0. The molecule has 0 atom stereocenters. The summed E-state index contributed by atoms with van der Waals surface area (Å²) in [5, 5.41) is 4.31. The number of methoxy groups -OCH3 is 2. The molecule has 0 heterocycles. The van der Waals surface area contributed by atoms with Gasteiger partial charge in [-0.2, -0.15) is 0 Å². The summed E-state index contributed by atoms with van der Waals surface area (Å²) in [6.45, 7) is 12.9. The van der Waals surface area contributed by atoms with Gasteiger partial charge in [0.1, 0.15) is 18.2 Å². The predicted octanol–water partition coefficient (Wildman–Crippen LogP) is 5.07. The molecular formula is C22H35NO5Si. The number of rotatable bonds is 11. The quantitative estimate of drug-likeness (QED) is 0.125. The van der Waals surface area contributed by atoms with Crippen LogP contribution in [0.4, 0.5) is 0 Å². The fourth-order valence-corrected chi connectivity index (χ4v) is 4.40. The van der Waals surface area contributed by atoms with Gasteiger partial charge in [0.15, 0.2) is 0 Å². The molecule has 0 fully saturated rings. The van der Waals surface area contributed by atoms with E-state index in [4.69, 9.17) is 19.0 Å². The smallest absolute Gasteiger partial charge is 0.377 e. The molecule has 0 saturated carbocycles. The van der Waals surface area contributed by atoms with Crippen molar-refractivity contribution in [2.24, 2.45) is 11.1 Å². The van der Waals surface area contributed by atoms with E-state index in [1.807, 2.05) is 32.0 Å². The van der Waals surface area contributed by atoms with Gasteiger partial charge in [-0.1, -0.05) is 56.7 Å². The van der Waals surface area contributed by atoms with Gasteiger partial charge in [-0.05, 0) is 31.4 Å². The molecular weight excluding hydrogens is 386 g/mol. The van der Waals surface area contributed by atoms with E-state index in [9.17, 15) is 4.79 Å². The van der Waals surface area contributed by atoms with E-state index in [1.54, 1.807) is 0 Å². The maximum atomic E-state index is 11.8. The lowest BCUT2D eigenvalue weighted by atomic mass is 10.1. The summed E-state index contributed by atoms with van der Waals surface area (Å²) in [7, 11) is 1.30. The SMILES string of the molecule is COC=C(Oc1cc(C(C)=NOC[Si](C)(C)CCC(C)C)ccc1C)C(=O)OC. The Morgan fingerprint density at radius 3 is 2.52 bits per heavy atom. The molecule has 0 saturated heterocycles. The van der Waals surface area contributed by atoms with Gasteiger partial charge >= 0.3 is 5.97 Å². The molecule has 7 heteroatoms. The van der Waals surface area contributed by atoms with Crippen LogP contribution in [-0.4, -0.2) is 40.2 Å². The number of hydrogen-bond acceptors (Lipinski definition) is 6. The van der Waals surface area contributed by atoms with Crippen LogP contribution >= 0.6 is 0 Å². The number of aryl methyl sites for hydroxylation is 1. The third kappa shape index (κ3) is 8.73. The highest BCUT2D eigenvalue weighted by atomic mass is 28.3. The Labute approximate surface area is 175 Å². The van der Waals surface area contributed by atoms with Crippen molar-refractivity contribution >= 4 is 19.8 Å². The fraction of sp³-hybridized carbons (Fsp3) is 0.545. The summed E-state index contributed by atoms with van der Waals surface area (Å²) in [5.74, 6) is 0.593. The second kappa shape index (κ2) is 11.7. The van der Waals surface area contributed by atoms with Crippen LogP contribution in [-0.2, 0) is 19.1 Å². The Morgan fingerprint density at radius 2 is 1.93 bits per heavy atom. The molecule has 1 aromatic rings. The number of nitrogens with zero attached hydrogens (tertiary/aromatic N) is 1. The maximum absolute atomic E-state index is 11.8. The average Bonchev–Trinajstić information content (AvgIpc) is 2.66. The lowest BCUT2D eigenvalue weighted by molar-refractivity contribution is -0.138. The number of carbonyl (C=O) groups excluding carboxylic acids is 1. The molecule has 0 bridgehead atoms. The molecule has 0 unspecified atom stereocenters. The zero-order valence-electron chi connectivity index (χ0n) is 19.0. The van der Waals surface area contributed by atoms with Crippen molar-refractivity contribution in [2.75, 3.05) is 20.4 Å². The lowest BCUT2D eigenvalue weighted by Gasteiger charge is -2.21. The Balaban J connectivity index is 2.88. The van der Waals surface area contributed by atoms with Crippen LogP contribution in [0, 0.1) is 12.8 Å². The van der Waals surface area contributed by atoms with Crippen molar-refractivity contribution < 1.29 is 23.8 Å². The Morgan fingerprint density at radius 1 is 1.24 bits per heavy atom. The minimum Gasteiger partial charge on any atom is -0.500 e. The first-order valence-corrected chi connectivity index (χ1v) is 13.3. The van der Waals surface area contributed by atoms with Crippen molar-refractivity contribution in [2.45, 2.75) is 53.3 Å². The summed E-state index contributed by atoms with van der Waals surface area (Å²) in [6, 6.07) is 6.91. The summed E-state index contributed by atoms with van der Waals surface area (Å²) in [6.07, 6.45) is 3.13. The summed E-state index contributed by atoms with van der Waals surface area (Å²) in [5.41, 5.74) is 2.48. The molecule has 0 radical (unpaired) electrons. The average molecular weight is 422 g/mol. The Kier molecular flexibility index (Phi) is 9.95. The maximum Gasteiger partial charge on any atom is 0.377 e. The summed E-state index contributed by atoms with van der Waals surface area (Å²) in [4.78, 5) is 17.5. The second-order valence-electron chi connectivity index (χ2n) is 8.34. The Bertz CT molecular complexity index is 741. The monoisotopic (exact) mass is 421 g/mol. The number of hydrogen-bond donors (Lipinski definition) is 0. The van der Waals surface area contributed by atoms with Gasteiger partial charge in [-0.15, -0.1) is 0 Å². The van der Waals surface area contributed by atoms with Gasteiger partial charge in [0.05, 0.1) is 28.0 Å². The van der Waals surface area contributed by atoms with E-state index >= 15 is 0 Å². The van der Waals surface area contributed by atoms with E-state index in [2.05, 4.69) is 32.1 Å². The summed E-state index contributed by atoms with van der Waals surface area (Å²) < 4.78 is 15.3. The standard InChI is InChI=1S/C22H35NO5Si/c1-16(2)11-12-29(7,8)15-27-23-18(4)19-10-9-17(3)20(13-19)28-21(14-25-5)22(24)26-6/h9-10,13-14,16H,11-12,15H2,1-8H3. The van der Waals surface area contributed by atoms with Crippen LogP contribution in [0.2, 0.25) is 19.1 Å². The van der Waals surface area contributed by atoms with Crippen LogP contribution in [0.25, 0.3) is 0 Å². The van der Waals surface area contributed by atoms with Crippen molar-refractivity contribution in [1.82, 2.24) is 0 Å². The fourth-order valence-electron chi connectivity index (χ4n) is 2.48. The molecule has 162 valence electrons. The molecule has 0 spiro atoms. The molecule has 1 rings (SSSR count). The van der Waals surface area contributed by atoms with Crippen LogP contribution in [0.5, 0.6) is 5.75 Å². The first-order valence-electron chi connectivity index (χ1n) is 9.86. The molecule has 0 N–H and O–H groups in total. The van der Waals surface area contributed by atoms with E-state index in [0.29, 0.717) is 17.9 Å². The number of carbonyl (C=O) groups is 1. The van der Waals surface area contributed by atoms with Crippen LogP contribution in [0.15, 0.2) is 35.4 Å². The second-order valence-corrected chi connectivity index (χ2v) is 13.5. The van der Waals surface area contributed by atoms with Crippen molar-refractivity contribution in [3.05, 3.63) is 41.3 Å². The van der Waals surface area contributed by atoms with E-state index in [1.165, 1.54) is 32.9 Å². The van der Waals surface area contributed by atoms with Gasteiger partial charge in [0.2, 0.25) is 5.76 Å².